The van der Waals surface area contributed by atoms with Crippen molar-refractivity contribution in [2.24, 2.45) is 0 Å². The first-order chi connectivity index (χ1) is 10.3. The Balaban J connectivity index is 3.04. The van der Waals surface area contributed by atoms with Crippen LogP contribution in [0.15, 0.2) is 6.07 Å². The lowest BCUT2D eigenvalue weighted by atomic mass is 9.84. The minimum atomic E-state index is -4.86. The molecule has 0 unspecified atom stereocenters. The molecule has 1 N–H and O–H groups in total. The van der Waals surface area contributed by atoms with Crippen molar-refractivity contribution in [3.63, 3.8) is 0 Å². The monoisotopic (exact) mass is 332 g/mol. The van der Waals surface area contributed by atoms with Crippen LogP contribution in [0.2, 0.25) is 0 Å². The van der Waals surface area contributed by atoms with E-state index in [1.54, 1.807) is 20.8 Å². The number of nitrogens with zero attached hydrogens (tertiary/aromatic N) is 3. The molecule has 124 valence electrons. The van der Waals surface area contributed by atoms with Gasteiger partial charge >= 0.3 is 11.9 Å². The first-order valence-electron chi connectivity index (χ1n) is 6.27. The van der Waals surface area contributed by atoms with Crippen molar-refractivity contribution in [2.75, 3.05) is 0 Å². The van der Waals surface area contributed by atoms with Crippen molar-refractivity contribution in [1.29, 1.82) is 0 Å². The van der Waals surface area contributed by atoms with E-state index < -0.39 is 44.2 Å². The van der Waals surface area contributed by atoms with Crippen LogP contribution in [0.5, 0.6) is 0 Å². The molecule has 11 heteroatoms. The fraction of sp³-hybridized carbons (Fsp3) is 0.417. The Morgan fingerprint density at radius 2 is 1.61 bits per heavy atom. The number of rotatable bonds is 2. The smallest absolute Gasteiger partial charge is 0.334 e. The van der Waals surface area contributed by atoms with Gasteiger partial charge in [0.2, 0.25) is 5.82 Å². The van der Waals surface area contributed by atoms with Crippen LogP contribution in [0.1, 0.15) is 32.2 Å². The minimum Gasteiger partial charge on any atom is -0.334 e. The average Bonchev–Trinajstić information content (AvgIpc) is 2.78. The van der Waals surface area contributed by atoms with Crippen LogP contribution in [0.4, 0.5) is 24.5 Å². The number of aromatic nitrogens is 2. The molecular formula is C12H11F3N4O4. The molecule has 2 rings (SSSR count). The number of hydrogen-bond donors (Lipinski definition) is 1. The summed E-state index contributed by atoms with van der Waals surface area (Å²) in [6, 6.07) is 0.643. The Morgan fingerprint density at radius 3 is 2.00 bits per heavy atom. The summed E-state index contributed by atoms with van der Waals surface area (Å²) >= 11 is 0. The second-order valence-corrected chi connectivity index (χ2v) is 5.86. The number of fused-ring (bicyclic) bond motifs is 1. The van der Waals surface area contributed by atoms with E-state index in [4.69, 9.17) is 0 Å². The van der Waals surface area contributed by atoms with Crippen LogP contribution in [0.25, 0.3) is 11.0 Å². The molecule has 0 aliphatic heterocycles. The predicted molar refractivity (Wildman–Crippen MR) is 73.1 cm³/mol. The van der Waals surface area contributed by atoms with E-state index in [9.17, 15) is 33.4 Å². The molecule has 0 atom stereocenters. The summed E-state index contributed by atoms with van der Waals surface area (Å²) in [7, 11) is 0. The van der Waals surface area contributed by atoms with Crippen LogP contribution in [-0.2, 0) is 11.6 Å². The zero-order valence-corrected chi connectivity index (χ0v) is 12.2. The molecule has 2 aromatic rings. The standard InChI is InChI=1S/C12H11F3N4O4/c1-11(2,3)7-5(18(20)21)4-6(19(22)23)8-9(7)17-10(16-8)12(13,14)15/h4H,1-3H3,(H,16,17). The van der Waals surface area contributed by atoms with Gasteiger partial charge in [-0.15, -0.1) is 0 Å². The van der Waals surface area contributed by atoms with Crippen LogP contribution in [-0.4, -0.2) is 19.8 Å². The first-order valence-corrected chi connectivity index (χ1v) is 6.27. The molecule has 0 aliphatic carbocycles. The molecule has 0 fully saturated rings. The van der Waals surface area contributed by atoms with Crippen LogP contribution < -0.4 is 0 Å². The Bertz CT molecular complexity index is 820. The Labute approximate surface area is 126 Å². The zero-order chi connectivity index (χ0) is 17.7. The van der Waals surface area contributed by atoms with Gasteiger partial charge in [0.1, 0.15) is 0 Å². The van der Waals surface area contributed by atoms with Gasteiger partial charge in [-0.3, -0.25) is 20.2 Å². The average molecular weight is 332 g/mol. The lowest BCUT2D eigenvalue weighted by Crippen LogP contribution is -2.15. The Hall–Kier alpha value is -2.72. The van der Waals surface area contributed by atoms with E-state index in [0.717, 1.165) is 0 Å². The number of benzene rings is 1. The van der Waals surface area contributed by atoms with Crippen molar-refractivity contribution in [3.8, 4) is 0 Å². The highest BCUT2D eigenvalue weighted by Crippen LogP contribution is 2.42. The molecule has 0 saturated carbocycles. The number of H-pyrrole nitrogens is 1. The van der Waals surface area contributed by atoms with Crippen LogP contribution >= 0.6 is 0 Å². The number of nitrogens with one attached hydrogen (secondary N) is 1. The fourth-order valence-corrected chi connectivity index (χ4v) is 2.31. The summed E-state index contributed by atoms with van der Waals surface area (Å²) in [5.74, 6) is -1.44. The lowest BCUT2D eigenvalue weighted by Gasteiger charge is -2.19. The van der Waals surface area contributed by atoms with Crippen LogP contribution in [0, 0.1) is 20.2 Å². The number of imidazole rings is 1. The summed E-state index contributed by atoms with van der Waals surface area (Å²) in [6.45, 7) is 4.65. The van der Waals surface area contributed by atoms with E-state index >= 15 is 0 Å². The summed E-state index contributed by atoms with van der Waals surface area (Å²) in [5, 5.41) is 22.3. The highest BCUT2D eigenvalue weighted by atomic mass is 19.4. The molecule has 1 heterocycles. The molecule has 23 heavy (non-hydrogen) atoms. The normalized spacial score (nSPS) is 12.6. The summed E-state index contributed by atoms with van der Waals surface area (Å²) in [5.41, 5.74) is -3.42. The minimum absolute atomic E-state index is 0.0777. The van der Waals surface area contributed by atoms with Crippen molar-refractivity contribution in [3.05, 3.63) is 37.7 Å². The number of nitro benzene ring substituents is 2. The largest absolute Gasteiger partial charge is 0.449 e. The molecular weight excluding hydrogens is 321 g/mol. The Kier molecular flexibility index (Phi) is 3.54. The van der Waals surface area contributed by atoms with Gasteiger partial charge in [0.15, 0.2) is 5.52 Å². The molecule has 0 radical (unpaired) electrons. The number of alkyl halides is 3. The third kappa shape index (κ3) is 2.81. The van der Waals surface area contributed by atoms with Gasteiger partial charge in [-0.2, -0.15) is 13.2 Å². The van der Waals surface area contributed by atoms with E-state index in [-0.39, 0.29) is 11.1 Å². The topological polar surface area (TPSA) is 115 Å². The summed E-state index contributed by atoms with van der Waals surface area (Å²) in [6.07, 6.45) is -4.86. The molecule has 0 saturated heterocycles. The van der Waals surface area contributed by atoms with Crippen LogP contribution in [0.3, 0.4) is 0 Å². The highest BCUT2D eigenvalue weighted by molar-refractivity contribution is 5.92. The van der Waals surface area contributed by atoms with Gasteiger partial charge < -0.3 is 4.98 Å². The second-order valence-electron chi connectivity index (χ2n) is 5.86. The van der Waals surface area contributed by atoms with Gasteiger partial charge in [-0.25, -0.2) is 4.98 Å². The highest BCUT2D eigenvalue weighted by Gasteiger charge is 2.39. The van der Waals surface area contributed by atoms with Gasteiger partial charge in [0, 0.05) is 0 Å². The molecule has 1 aromatic heterocycles. The zero-order valence-electron chi connectivity index (χ0n) is 12.2. The number of non-ortho nitro benzene ring substituents is 1. The molecule has 1 aromatic carbocycles. The fourth-order valence-electron chi connectivity index (χ4n) is 2.31. The lowest BCUT2D eigenvalue weighted by molar-refractivity contribution is -0.393. The molecule has 8 nitrogen and oxygen atoms in total. The molecule has 0 spiro atoms. The van der Waals surface area contributed by atoms with E-state index in [2.05, 4.69) is 4.98 Å². The number of halogens is 3. The van der Waals surface area contributed by atoms with Gasteiger partial charge in [-0.05, 0) is 5.41 Å². The maximum atomic E-state index is 12.8. The molecule has 0 bridgehead atoms. The van der Waals surface area contributed by atoms with E-state index in [0.29, 0.717) is 6.07 Å². The molecule has 0 amide bonds. The number of hydrogen-bond acceptors (Lipinski definition) is 5. The van der Waals surface area contributed by atoms with Crippen molar-refractivity contribution in [1.82, 2.24) is 9.97 Å². The van der Waals surface area contributed by atoms with Crippen molar-refractivity contribution in [2.45, 2.75) is 32.4 Å². The SMILES string of the molecule is CC(C)(C)c1c([N+](=O)[O-])cc([N+](=O)[O-])c2nc(C(F)(F)F)[nH]c12. The van der Waals surface area contributed by atoms with Gasteiger partial charge in [-0.1, -0.05) is 20.8 Å². The van der Waals surface area contributed by atoms with E-state index in [1.807, 2.05) is 4.98 Å². The number of nitro groups is 2. The van der Waals surface area contributed by atoms with Gasteiger partial charge in [0.25, 0.3) is 5.69 Å². The van der Waals surface area contributed by atoms with E-state index in [1.165, 1.54) is 0 Å². The third-order valence-electron chi connectivity index (χ3n) is 3.14. The van der Waals surface area contributed by atoms with Gasteiger partial charge in [0.05, 0.1) is 27.0 Å². The second kappa shape index (κ2) is 4.89. The summed E-state index contributed by atoms with van der Waals surface area (Å²) < 4.78 is 38.5. The molecule has 0 aliphatic rings. The third-order valence-corrected chi connectivity index (χ3v) is 3.14. The maximum absolute atomic E-state index is 12.8. The maximum Gasteiger partial charge on any atom is 0.449 e. The quantitative estimate of drug-likeness (QED) is 0.665. The first kappa shape index (κ1) is 16.6. The summed E-state index contributed by atoms with van der Waals surface area (Å²) in [4.78, 5) is 25.6. The number of aromatic amines is 1. The Morgan fingerprint density at radius 1 is 1.09 bits per heavy atom. The predicted octanol–water partition coefficient (Wildman–Crippen LogP) is 3.70. The van der Waals surface area contributed by atoms with Crippen molar-refractivity contribution >= 4 is 22.4 Å². The van der Waals surface area contributed by atoms with Crippen molar-refractivity contribution < 1.29 is 23.0 Å².